The second-order valence-electron chi connectivity index (χ2n) is 4.82. The summed E-state index contributed by atoms with van der Waals surface area (Å²) in [6, 6.07) is 0. The number of piperidine rings is 1. The fraction of sp³-hybridized carbons (Fsp3) is 0.692. The summed E-state index contributed by atoms with van der Waals surface area (Å²) < 4.78 is 5.24. The summed E-state index contributed by atoms with van der Waals surface area (Å²) in [6.45, 7) is 4.81. The first-order valence-corrected chi connectivity index (χ1v) is 6.90. The summed E-state index contributed by atoms with van der Waals surface area (Å²) >= 11 is 5.82. The van der Waals surface area contributed by atoms with Crippen LogP contribution in [0.25, 0.3) is 0 Å². The number of hydrogen-bond acceptors (Lipinski definition) is 4. The van der Waals surface area contributed by atoms with Gasteiger partial charge in [-0.1, -0.05) is 0 Å². The molecule has 1 atom stereocenters. The molecule has 2 heterocycles. The maximum atomic E-state index is 5.82. The lowest BCUT2D eigenvalue weighted by Gasteiger charge is -2.32. The molecule has 0 saturated carbocycles. The van der Waals surface area contributed by atoms with Gasteiger partial charge in [0, 0.05) is 37.7 Å². The zero-order valence-electron chi connectivity index (χ0n) is 11.0. The summed E-state index contributed by atoms with van der Waals surface area (Å²) in [5.41, 5.74) is 1.98. The Morgan fingerprint density at radius 1 is 1.56 bits per heavy atom. The van der Waals surface area contributed by atoms with E-state index in [9.17, 15) is 0 Å². The third kappa shape index (κ3) is 3.12. The molecule has 1 aliphatic rings. The van der Waals surface area contributed by atoms with Gasteiger partial charge in [0.2, 0.25) is 5.95 Å². The van der Waals surface area contributed by atoms with Crippen molar-refractivity contribution in [3.8, 4) is 0 Å². The lowest BCUT2D eigenvalue weighted by Crippen LogP contribution is -2.38. The first kappa shape index (κ1) is 13.6. The van der Waals surface area contributed by atoms with E-state index in [1.165, 1.54) is 12.8 Å². The second kappa shape index (κ2) is 6.34. The van der Waals surface area contributed by atoms with Gasteiger partial charge < -0.3 is 9.64 Å². The van der Waals surface area contributed by atoms with E-state index in [2.05, 4.69) is 14.9 Å². The molecular formula is C13H20ClN3O. The van der Waals surface area contributed by atoms with Crippen LogP contribution in [0.3, 0.4) is 0 Å². The highest BCUT2D eigenvalue weighted by Gasteiger charge is 2.21. The number of ether oxygens (including phenoxy) is 1. The molecule has 0 radical (unpaired) electrons. The number of alkyl halides is 1. The minimum Gasteiger partial charge on any atom is -0.384 e. The molecule has 0 aliphatic carbocycles. The normalized spacial score (nSPS) is 20.2. The quantitative estimate of drug-likeness (QED) is 0.787. The number of anilines is 1. The van der Waals surface area contributed by atoms with Crippen LogP contribution in [0.1, 0.15) is 24.1 Å². The number of nitrogens with zero attached hydrogens (tertiary/aromatic N) is 3. The molecule has 1 saturated heterocycles. The predicted octanol–water partition coefficient (Wildman–Crippen LogP) is 2.39. The average molecular weight is 270 g/mol. The number of aryl methyl sites for hydroxylation is 1. The van der Waals surface area contributed by atoms with Gasteiger partial charge in [0.25, 0.3) is 0 Å². The Kier molecular flexibility index (Phi) is 4.78. The molecule has 18 heavy (non-hydrogen) atoms. The monoisotopic (exact) mass is 269 g/mol. The molecule has 100 valence electrons. The number of methoxy groups -OCH3 is 1. The Morgan fingerprint density at radius 3 is 3.06 bits per heavy atom. The smallest absolute Gasteiger partial charge is 0.225 e. The molecular weight excluding hydrogens is 250 g/mol. The number of halogens is 1. The van der Waals surface area contributed by atoms with Gasteiger partial charge in [-0.3, -0.25) is 0 Å². The van der Waals surface area contributed by atoms with Crippen LogP contribution in [0.5, 0.6) is 0 Å². The van der Waals surface area contributed by atoms with Crippen LogP contribution in [0.15, 0.2) is 6.20 Å². The SMILES string of the molecule is COCC1CCCN(c2ncc(CCl)c(C)n2)C1. The van der Waals surface area contributed by atoms with Crippen LogP contribution in [0.4, 0.5) is 5.95 Å². The molecule has 0 amide bonds. The molecule has 1 unspecified atom stereocenters. The van der Waals surface area contributed by atoms with Gasteiger partial charge in [0.05, 0.1) is 12.5 Å². The van der Waals surface area contributed by atoms with Crippen molar-refractivity contribution in [3.63, 3.8) is 0 Å². The van der Waals surface area contributed by atoms with Gasteiger partial charge in [-0.2, -0.15) is 0 Å². The maximum Gasteiger partial charge on any atom is 0.225 e. The predicted molar refractivity (Wildman–Crippen MR) is 73.1 cm³/mol. The highest BCUT2D eigenvalue weighted by molar-refractivity contribution is 6.17. The first-order chi connectivity index (χ1) is 8.74. The van der Waals surface area contributed by atoms with E-state index in [-0.39, 0.29) is 0 Å². The molecule has 0 aromatic carbocycles. The van der Waals surface area contributed by atoms with Crippen molar-refractivity contribution >= 4 is 17.5 Å². The van der Waals surface area contributed by atoms with Crippen LogP contribution >= 0.6 is 11.6 Å². The Morgan fingerprint density at radius 2 is 2.39 bits per heavy atom. The van der Waals surface area contributed by atoms with Gasteiger partial charge in [0.15, 0.2) is 0 Å². The van der Waals surface area contributed by atoms with Crippen LogP contribution in [0.2, 0.25) is 0 Å². The molecule has 0 N–H and O–H groups in total. The van der Waals surface area contributed by atoms with E-state index in [0.717, 1.165) is 36.9 Å². The molecule has 1 fully saturated rings. The van der Waals surface area contributed by atoms with Crippen molar-refractivity contribution in [1.29, 1.82) is 0 Å². The van der Waals surface area contributed by atoms with E-state index >= 15 is 0 Å². The minimum atomic E-state index is 0.471. The van der Waals surface area contributed by atoms with Crippen molar-refractivity contribution in [2.24, 2.45) is 5.92 Å². The minimum absolute atomic E-state index is 0.471. The van der Waals surface area contributed by atoms with E-state index in [1.807, 2.05) is 13.1 Å². The van der Waals surface area contributed by atoms with E-state index in [0.29, 0.717) is 11.8 Å². The van der Waals surface area contributed by atoms with Gasteiger partial charge in [0.1, 0.15) is 0 Å². The largest absolute Gasteiger partial charge is 0.384 e. The van der Waals surface area contributed by atoms with Crippen LogP contribution in [0, 0.1) is 12.8 Å². The summed E-state index contributed by atoms with van der Waals surface area (Å²) in [5.74, 6) is 1.88. The van der Waals surface area contributed by atoms with Crippen LogP contribution in [-0.4, -0.2) is 36.8 Å². The topological polar surface area (TPSA) is 38.2 Å². The van der Waals surface area contributed by atoms with Crippen molar-refractivity contribution in [2.45, 2.75) is 25.6 Å². The summed E-state index contributed by atoms with van der Waals surface area (Å²) in [7, 11) is 1.76. The van der Waals surface area contributed by atoms with Crippen LogP contribution < -0.4 is 4.90 Å². The molecule has 0 spiro atoms. The number of rotatable bonds is 4. The maximum absolute atomic E-state index is 5.82. The Labute approximate surface area is 113 Å². The van der Waals surface area contributed by atoms with E-state index in [1.54, 1.807) is 7.11 Å². The lowest BCUT2D eigenvalue weighted by atomic mass is 9.99. The third-order valence-electron chi connectivity index (χ3n) is 3.42. The summed E-state index contributed by atoms with van der Waals surface area (Å²) in [6.07, 6.45) is 4.24. The van der Waals surface area contributed by atoms with Gasteiger partial charge >= 0.3 is 0 Å². The third-order valence-corrected chi connectivity index (χ3v) is 3.70. The standard InChI is InChI=1S/C13H20ClN3O/c1-10-12(6-14)7-15-13(16-10)17-5-3-4-11(8-17)9-18-2/h7,11H,3-6,8-9H2,1-2H3. The van der Waals surface area contributed by atoms with Gasteiger partial charge in [-0.25, -0.2) is 9.97 Å². The fourth-order valence-corrected chi connectivity index (χ4v) is 2.64. The molecule has 5 heteroatoms. The Hall–Kier alpha value is -0.870. The zero-order valence-corrected chi connectivity index (χ0v) is 11.8. The van der Waals surface area contributed by atoms with Gasteiger partial charge in [-0.05, 0) is 25.7 Å². The second-order valence-corrected chi connectivity index (χ2v) is 5.09. The van der Waals surface area contributed by atoms with Crippen LogP contribution in [-0.2, 0) is 10.6 Å². The Balaban J connectivity index is 2.08. The van der Waals surface area contributed by atoms with E-state index < -0.39 is 0 Å². The number of hydrogen-bond donors (Lipinski definition) is 0. The van der Waals surface area contributed by atoms with Crippen molar-refractivity contribution in [1.82, 2.24) is 9.97 Å². The molecule has 1 aromatic heterocycles. The average Bonchev–Trinajstić information content (AvgIpc) is 2.39. The summed E-state index contributed by atoms with van der Waals surface area (Å²) in [5, 5.41) is 0. The van der Waals surface area contributed by atoms with Gasteiger partial charge in [-0.15, -0.1) is 11.6 Å². The summed E-state index contributed by atoms with van der Waals surface area (Å²) in [4.78, 5) is 11.2. The van der Waals surface area contributed by atoms with Crippen molar-refractivity contribution in [3.05, 3.63) is 17.5 Å². The highest BCUT2D eigenvalue weighted by Crippen LogP contribution is 2.21. The van der Waals surface area contributed by atoms with Crippen molar-refractivity contribution in [2.75, 3.05) is 31.7 Å². The molecule has 1 aromatic rings. The first-order valence-electron chi connectivity index (χ1n) is 6.37. The van der Waals surface area contributed by atoms with E-state index in [4.69, 9.17) is 16.3 Å². The molecule has 1 aliphatic heterocycles. The number of aromatic nitrogens is 2. The fourth-order valence-electron chi connectivity index (χ4n) is 2.38. The molecule has 4 nitrogen and oxygen atoms in total. The molecule has 0 bridgehead atoms. The zero-order chi connectivity index (χ0) is 13.0. The Bertz CT molecular complexity index is 398. The highest BCUT2D eigenvalue weighted by atomic mass is 35.5. The van der Waals surface area contributed by atoms with Crippen molar-refractivity contribution < 1.29 is 4.74 Å². The molecule has 2 rings (SSSR count). The lowest BCUT2D eigenvalue weighted by molar-refractivity contribution is 0.143.